The lowest BCUT2D eigenvalue weighted by atomic mass is 9.86. The van der Waals surface area contributed by atoms with E-state index in [1.165, 1.54) is 113 Å². The second-order valence-corrected chi connectivity index (χ2v) is 13.7. The Morgan fingerprint density at radius 3 is 0.804 bits per heavy atom. The van der Waals surface area contributed by atoms with Gasteiger partial charge in [-0.15, -0.1) is 0 Å². The molecule has 0 aliphatic carbocycles. The van der Waals surface area contributed by atoms with Crippen LogP contribution in [0.15, 0.2) is 24.3 Å². The normalized spacial score (nSPS) is 14.3. The third-order valence-corrected chi connectivity index (χ3v) is 10.0. The van der Waals surface area contributed by atoms with Crippen molar-refractivity contribution in [3.8, 4) is 0 Å². The summed E-state index contributed by atoms with van der Waals surface area (Å²) in [5.74, 6) is -1.29. The number of carbonyl (C=O) groups is 4. The van der Waals surface area contributed by atoms with E-state index in [0.717, 1.165) is 38.5 Å². The second-order valence-electron chi connectivity index (χ2n) is 13.7. The maximum Gasteiger partial charge on any atom is 0.261 e. The Morgan fingerprint density at radius 1 is 0.348 bits per heavy atom. The number of hydrogen-bond donors (Lipinski definition) is 0. The number of benzene rings is 2. The molecule has 6 heteroatoms. The molecule has 0 radical (unpaired) electrons. The van der Waals surface area contributed by atoms with E-state index in [2.05, 4.69) is 13.8 Å². The Labute approximate surface area is 277 Å². The molecule has 6 nitrogen and oxygen atoms in total. The largest absolute Gasteiger partial charge is 0.274 e. The minimum Gasteiger partial charge on any atom is -0.274 e. The van der Waals surface area contributed by atoms with E-state index in [-0.39, 0.29) is 23.6 Å². The van der Waals surface area contributed by atoms with Gasteiger partial charge in [0.15, 0.2) is 0 Å². The highest BCUT2D eigenvalue weighted by atomic mass is 16.2. The van der Waals surface area contributed by atoms with E-state index in [1.54, 1.807) is 24.3 Å². The maximum atomic E-state index is 13.5. The quantitative estimate of drug-likeness (QED) is 0.0854. The van der Waals surface area contributed by atoms with E-state index in [0.29, 0.717) is 46.1 Å². The van der Waals surface area contributed by atoms with Gasteiger partial charge in [0.25, 0.3) is 23.6 Å². The number of unbranched alkanes of at least 4 members (excludes halogenated alkanes) is 20. The van der Waals surface area contributed by atoms with Crippen LogP contribution < -0.4 is 0 Å². The number of nitrogens with zero attached hydrogens (tertiary/aromatic N) is 2. The molecule has 0 unspecified atom stereocenters. The number of rotatable bonds is 24. The van der Waals surface area contributed by atoms with Gasteiger partial charge in [0, 0.05) is 46.1 Å². The molecule has 0 bridgehead atoms. The lowest BCUT2D eigenvalue weighted by molar-refractivity contribution is 0.0586. The van der Waals surface area contributed by atoms with Gasteiger partial charge < -0.3 is 0 Å². The average molecular weight is 631 g/mol. The molecule has 0 spiro atoms. The molecule has 0 fully saturated rings. The summed E-state index contributed by atoms with van der Waals surface area (Å²) in [4.78, 5) is 56.9. The van der Waals surface area contributed by atoms with Gasteiger partial charge in [-0.25, -0.2) is 0 Å². The first-order chi connectivity index (χ1) is 22.5. The minimum absolute atomic E-state index is 0.323. The third kappa shape index (κ3) is 9.07. The number of carbonyl (C=O) groups excluding carboxylic acids is 4. The Kier molecular flexibility index (Phi) is 14.8. The van der Waals surface area contributed by atoms with E-state index in [9.17, 15) is 19.2 Å². The summed E-state index contributed by atoms with van der Waals surface area (Å²) in [6.07, 6.45) is 26.5. The van der Waals surface area contributed by atoms with Crippen molar-refractivity contribution in [2.24, 2.45) is 0 Å². The van der Waals surface area contributed by atoms with Crippen molar-refractivity contribution >= 4 is 34.4 Å². The van der Waals surface area contributed by atoms with Crippen molar-refractivity contribution in [2.75, 3.05) is 13.1 Å². The fraction of sp³-hybridized carbons (Fsp3) is 0.650. The average Bonchev–Trinajstić information content (AvgIpc) is 3.06. The molecule has 4 amide bonds. The zero-order valence-electron chi connectivity index (χ0n) is 28.8. The zero-order chi connectivity index (χ0) is 32.7. The molecule has 0 atom stereocenters. The van der Waals surface area contributed by atoms with E-state index >= 15 is 0 Å². The molecule has 46 heavy (non-hydrogen) atoms. The van der Waals surface area contributed by atoms with Crippen molar-refractivity contribution in [3.05, 3.63) is 46.5 Å². The predicted octanol–water partition coefficient (Wildman–Crippen LogP) is 10.7. The van der Waals surface area contributed by atoms with Crippen LogP contribution in [0.2, 0.25) is 0 Å². The van der Waals surface area contributed by atoms with Crippen LogP contribution in [0.4, 0.5) is 0 Å². The first kappa shape index (κ1) is 35.8. The fourth-order valence-corrected chi connectivity index (χ4v) is 7.25. The molecule has 2 aliphatic heterocycles. The summed E-state index contributed by atoms with van der Waals surface area (Å²) < 4.78 is 0. The van der Waals surface area contributed by atoms with Gasteiger partial charge in [-0.1, -0.05) is 142 Å². The summed E-state index contributed by atoms with van der Waals surface area (Å²) in [7, 11) is 0. The van der Waals surface area contributed by atoms with E-state index < -0.39 is 0 Å². The molecule has 2 aliphatic rings. The summed E-state index contributed by atoms with van der Waals surface area (Å²) in [5.41, 5.74) is 1.66. The molecule has 2 heterocycles. The summed E-state index contributed by atoms with van der Waals surface area (Å²) in [6.45, 7) is 5.27. The molecule has 0 aromatic heterocycles. The molecule has 0 N–H and O–H groups in total. The smallest absolute Gasteiger partial charge is 0.261 e. The zero-order valence-corrected chi connectivity index (χ0v) is 28.8. The third-order valence-electron chi connectivity index (χ3n) is 10.0. The SMILES string of the molecule is CCCCCCCCCCCCCN1C(=O)c2ccc3c4c(ccc(c24)C1=O)C(=O)N(CCCCCCCCCCCCC)C3=O. The van der Waals surface area contributed by atoms with E-state index in [4.69, 9.17) is 0 Å². The van der Waals surface area contributed by atoms with Gasteiger partial charge >= 0.3 is 0 Å². The second kappa shape index (κ2) is 19.0. The highest BCUT2D eigenvalue weighted by Gasteiger charge is 2.39. The van der Waals surface area contributed by atoms with Gasteiger partial charge in [-0.05, 0) is 37.1 Å². The van der Waals surface area contributed by atoms with Crippen LogP contribution >= 0.6 is 0 Å². The summed E-state index contributed by atoms with van der Waals surface area (Å²) >= 11 is 0. The summed E-state index contributed by atoms with van der Waals surface area (Å²) in [6, 6.07) is 6.73. The van der Waals surface area contributed by atoms with E-state index in [1.807, 2.05) is 0 Å². The molecule has 2 aromatic rings. The Morgan fingerprint density at radius 2 is 0.565 bits per heavy atom. The molecule has 0 saturated heterocycles. The summed E-state index contributed by atoms with van der Waals surface area (Å²) in [5, 5.41) is 0.937. The number of amides is 4. The van der Waals surface area contributed by atoms with Crippen LogP contribution in [0.25, 0.3) is 10.8 Å². The minimum atomic E-state index is -0.323. The van der Waals surface area contributed by atoms with Crippen molar-refractivity contribution < 1.29 is 19.2 Å². The first-order valence-corrected chi connectivity index (χ1v) is 18.8. The van der Waals surface area contributed by atoms with Crippen LogP contribution in [-0.4, -0.2) is 46.5 Å². The lowest BCUT2D eigenvalue weighted by Crippen LogP contribution is -2.43. The Hall–Kier alpha value is -3.02. The molecule has 2 aromatic carbocycles. The highest BCUT2D eigenvalue weighted by Crippen LogP contribution is 2.38. The Balaban J connectivity index is 1.27. The monoisotopic (exact) mass is 630 g/mol. The molecule has 0 saturated carbocycles. The molecular weight excluding hydrogens is 572 g/mol. The van der Waals surface area contributed by atoms with Gasteiger partial charge in [0.05, 0.1) is 0 Å². The highest BCUT2D eigenvalue weighted by molar-refractivity contribution is 6.33. The topological polar surface area (TPSA) is 74.8 Å². The van der Waals surface area contributed by atoms with Crippen molar-refractivity contribution in [1.29, 1.82) is 0 Å². The lowest BCUT2D eigenvalue weighted by Gasteiger charge is -2.32. The van der Waals surface area contributed by atoms with Crippen molar-refractivity contribution in [2.45, 2.75) is 155 Å². The molecule has 4 rings (SSSR count). The molecular formula is C40H58N2O4. The van der Waals surface area contributed by atoms with Gasteiger partial charge in [0.2, 0.25) is 0 Å². The Bertz CT molecular complexity index is 1160. The first-order valence-electron chi connectivity index (χ1n) is 18.8. The van der Waals surface area contributed by atoms with Crippen LogP contribution in [0, 0.1) is 0 Å². The van der Waals surface area contributed by atoms with Gasteiger partial charge in [-0.3, -0.25) is 29.0 Å². The van der Waals surface area contributed by atoms with Crippen LogP contribution in [0.3, 0.4) is 0 Å². The fourth-order valence-electron chi connectivity index (χ4n) is 7.25. The number of hydrogen-bond acceptors (Lipinski definition) is 4. The van der Waals surface area contributed by atoms with Gasteiger partial charge in [-0.2, -0.15) is 0 Å². The van der Waals surface area contributed by atoms with Crippen LogP contribution in [0.5, 0.6) is 0 Å². The molecule has 252 valence electrons. The van der Waals surface area contributed by atoms with Crippen molar-refractivity contribution in [1.82, 2.24) is 9.80 Å². The van der Waals surface area contributed by atoms with Crippen LogP contribution in [-0.2, 0) is 0 Å². The maximum absolute atomic E-state index is 13.5. The van der Waals surface area contributed by atoms with Gasteiger partial charge in [0.1, 0.15) is 0 Å². The predicted molar refractivity (Wildman–Crippen MR) is 188 cm³/mol. The number of imide groups is 2. The van der Waals surface area contributed by atoms with Crippen LogP contribution in [0.1, 0.15) is 197 Å². The standard InChI is InChI=1S/C40H58N2O4/c1-3-5-7-9-11-13-15-17-19-21-23-29-41-37(43)31-25-27-33-36-34(28-26-32(35(31)36)38(41)44)40(46)42(39(33)45)30-24-22-20-18-16-14-12-10-8-6-4-2/h25-28H,3-24,29-30H2,1-2H3. The van der Waals surface area contributed by atoms with Crippen molar-refractivity contribution in [3.63, 3.8) is 0 Å².